The summed E-state index contributed by atoms with van der Waals surface area (Å²) in [6.07, 6.45) is -4.46. The summed E-state index contributed by atoms with van der Waals surface area (Å²) in [6, 6.07) is 5.45. The van der Waals surface area contributed by atoms with Crippen LogP contribution in [0.4, 0.5) is 18.9 Å². The lowest BCUT2D eigenvalue weighted by Gasteiger charge is -2.30. The summed E-state index contributed by atoms with van der Waals surface area (Å²) >= 11 is 0. The topological polar surface area (TPSA) is 35.2 Å². The zero-order valence-electron chi connectivity index (χ0n) is 8.43. The van der Waals surface area contributed by atoms with Gasteiger partial charge in [-0.25, -0.2) is 0 Å². The molecule has 0 radical (unpaired) electrons. The molecule has 1 unspecified atom stereocenters. The lowest BCUT2D eigenvalue weighted by atomic mass is 9.95. The molecule has 0 aliphatic carbocycles. The number of hydrogen-bond donors (Lipinski definition) is 1. The van der Waals surface area contributed by atoms with Crippen molar-refractivity contribution in [3.05, 3.63) is 29.8 Å². The summed E-state index contributed by atoms with van der Waals surface area (Å²) < 4.78 is 42.8. The van der Waals surface area contributed by atoms with Crippen LogP contribution in [0.25, 0.3) is 0 Å². The van der Waals surface area contributed by atoms with Crippen LogP contribution in [0.1, 0.15) is 12.5 Å². The Balaban J connectivity index is 3.18. The average molecular weight is 219 g/mol. The summed E-state index contributed by atoms with van der Waals surface area (Å²) in [6.45, 7) is 0.985. The van der Waals surface area contributed by atoms with Gasteiger partial charge in [0.25, 0.3) is 0 Å². The van der Waals surface area contributed by atoms with Crippen LogP contribution >= 0.6 is 0 Å². The summed E-state index contributed by atoms with van der Waals surface area (Å²) in [5.41, 5.74) is 3.56. The number of nitrogen functional groups attached to an aromatic ring is 1. The number of anilines is 1. The fourth-order valence-electron chi connectivity index (χ4n) is 1.20. The highest BCUT2D eigenvalue weighted by Gasteiger charge is 2.52. The average Bonchev–Trinajstić information content (AvgIpc) is 2.16. The van der Waals surface area contributed by atoms with Gasteiger partial charge in [-0.2, -0.15) is 13.2 Å². The van der Waals surface area contributed by atoms with E-state index in [9.17, 15) is 13.2 Å². The van der Waals surface area contributed by atoms with Gasteiger partial charge in [-0.1, -0.05) is 12.1 Å². The quantitative estimate of drug-likeness (QED) is 0.776. The van der Waals surface area contributed by atoms with Crippen molar-refractivity contribution < 1.29 is 17.9 Å². The molecule has 1 rings (SSSR count). The lowest BCUT2D eigenvalue weighted by molar-refractivity contribution is -0.269. The van der Waals surface area contributed by atoms with Gasteiger partial charge in [0, 0.05) is 12.8 Å². The molecule has 84 valence electrons. The highest BCUT2D eigenvalue weighted by Crippen LogP contribution is 2.41. The van der Waals surface area contributed by atoms with E-state index >= 15 is 0 Å². The third-order valence-electron chi connectivity index (χ3n) is 2.41. The molecule has 2 nitrogen and oxygen atoms in total. The molecule has 1 aromatic rings. The SMILES string of the molecule is COC(C)(c1ccc(N)cc1)C(F)(F)F. The monoisotopic (exact) mass is 219 g/mol. The number of alkyl halides is 3. The molecule has 2 N–H and O–H groups in total. The van der Waals surface area contributed by atoms with E-state index in [1.165, 1.54) is 24.3 Å². The molecule has 5 heteroatoms. The Morgan fingerprint density at radius 3 is 1.93 bits per heavy atom. The molecule has 0 bridgehead atoms. The molecule has 0 saturated heterocycles. The molecular formula is C10H12F3NO. The number of ether oxygens (including phenoxy) is 1. The van der Waals surface area contributed by atoms with Crippen molar-refractivity contribution >= 4 is 5.69 Å². The number of hydrogen-bond acceptors (Lipinski definition) is 2. The summed E-state index contributed by atoms with van der Waals surface area (Å²) in [5, 5.41) is 0. The van der Waals surface area contributed by atoms with Gasteiger partial charge < -0.3 is 10.5 Å². The third kappa shape index (κ3) is 2.07. The van der Waals surface area contributed by atoms with Gasteiger partial charge in [0.2, 0.25) is 0 Å². The van der Waals surface area contributed by atoms with E-state index < -0.39 is 11.8 Å². The van der Waals surface area contributed by atoms with Crippen molar-refractivity contribution in [2.24, 2.45) is 0 Å². The predicted octanol–water partition coefficient (Wildman–Crippen LogP) is 2.69. The molecule has 15 heavy (non-hydrogen) atoms. The van der Waals surface area contributed by atoms with Crippen LogP contribution in [0.15, 0.2) is 24.3 Å². The van der Waals surface area contributed by atoms with Gasteiger partial charge in [0.1, 0.15) is 0 Å². The molecule has 0 amide bonds. The van der Waals surface area contributed by atoms with E-state index in [2.05, 4.69) is 4.74 Å². The van der Waals surface area contributed by atoms with E-state index in [1.807, 2.05) is 0 Å². The Bertz CT molecular complexity index is 334. The Morgan fingerprint density at radius 2 is 1.60 bits per heavy atom. The fraction of sp³-hybridized carbons (Fsp3) is 0.400. The van der Waals surface area contributed by atoms with Crippen molar-refractivity contribution in [1.82, 2.24) is 0 Å². The van der Waals surface area contributed by atoms with Crippen molar-refractivity contribution in [1.29, 1.82) is 0 Å². The van der Waals surface area contributed by atoms with Crippen molar-refractivity contribution in [3.63, 3.8) is 0 Å². The van der Waals surface area contributed by atoms with Crippen LogP contribution in [0.2, 0.25) is 0 Å². The molecule has 0 aliphatic rings. The van der Waals surface area contributed by atoms with E-state index in [1.54, 1.807) is 0 Å². The summed E-state index contributed by atoms with van der Waals surface area (Å²) in [5.74, 6) is 0. The minimum absolute atomic E-state index is 0.0340. The molecule has 0 spiro atoms. The molecule has 0 aliphatic heterocycles. The maximum Gasteiger partial charge on any atom is 0.421 e. The van der Waals surface area contributed by atoms with Gasteiger partial charge in [-0.05, 0) is 24.6 Å². The van der Waals surface area contributed by atoms with Crippen LogP contribution in [0.5, 0.6) is 0 Å². The van der Waals surface area contributed by atoms with E-state index in [0.29, 0.717) is 5.69 Å². The van der Waals surface area contributed by atoms with Crippen molar-refractivity contribution in [2.75, 3.05) is 12.8 Å². The molecule has 0 heterocycles. The van der Waals surface area contributed by atoms with E-state index in [-0.39, 0.29) is 5.56 Å². The first kappa shape index (κ1) is 11.8. The molecule has 0 fully saturated rings. The van der Waals surface area contributed by atoms with E-state index in [0.717, 1.165) is 14.0 Å². The maximum atomic E-state index is 12.7. The Labute approximate surface area is 85.8 Å². The standard InChI is InChI=1S/C10H12F3NO/c1-9(15-2,10(11,12)13)7-3-5-8(14)6-4-7/h3-6H,14H2,1-2H3. The minimum atomic E-state index is -4.46. The van der Waals surface area contributed by atoms with Crippen LogP contribution in [-0.4, -0.2) is 13.3 Å². The van der Waals surface area contributed by atoms with Crippen LogP contribution in [-0.2, 0) is 10.3 Å². The number of methoxy groups -OCH3 is 1. The van der Waals surface area contributed by atoms with E-state index in [4.69, 9.17) is 5.73 Å². The second kappa shape index (κ2) is 3.73. The Kier molecular flexibility index (Phi) is 2.95. The second-order valence-corrected chi connectivity index (χ2v) is 3.36. The Morgan fingerprint density at radius 1 is 1.13 bits per heavy atom. The number of benzene rings is 1. The van der Waals surface area contributed by atoms with Crippen molar-refractivity contribution in [3.8, 4) is 0 Å². The molecule has 0 aromatic heterocycles. The predicted molar refractivity (Wildman–Crippen MR) is 51.3 cm³/mol. The van der Waals surface area contributed by atoms with Gasteiger partial charge in [0.15, 0.2) is 5.60 Å². The second-order valence-electron chi connectivity index (χ2n) is 3.36. The van der Waals surface area contributed by atoms with Crippen molar-refractivity contribution in [2.45, 2.75) is 18.7 Å². The van der Waals surface area contributed by atoms with Gasteiger partial charge in [0.05, 0.1) is 0 Å². The molecule has 0 saturated carbocycles. The van der Waals surface area contributed by atoms with Crippen LogP contribution < -0.4 is 5.73 Å². The highest BCUT2D eigenvalue weighted by molar-refractivity contribution is 5.41. The largest absolute Gasteiger partial charge is 0.421 e. The van der Waals surface area contributed by atoms with Crippen LogP contribution in [0, 0.1) is 0 Å². The number of rotatable bonds is 2. The third-order valence-corrected chi connectivity index (χ3v) is 2.41. The molecule has 1 atom stereocenters. The zero-order valence-corrected chi connectivity index (χ0v) is 8.43. The van der Waals surface area contributed by atoms with Gasteiger partial charge in [-0.3, -0.25) is 0 Å². The van der Waals surface area contributed by atoms with Crippen LogP contribution in [0.3, 0.4) is 0 Å². The first-order valence-corrected chi connectivity index (χ1v) is 4.29. The smallest absolute Gasteiger partial charge is 0.399 e. The normalized spacial score (nSPS) is 16.1. The molecular weight excluding hydrogens is 207 g/mol. The highest BCUT2D eigenvalue weighted by atomic mass is 19.4. The fourth-order valence-corrected chi connectivity index (χ4v) is 1.20. The molecule has 1 aromatic carbocycles. The van der Waals surface area contributed by atoms with Gasteiger partial charge in [-0.15, -0.1) is 0 Å². The summed E-state index contributed by atoms with van der Waals surface area (Å²) in [7, 11) is 1.03. The first-order chi connectivity index (χ1) is 6.81. The zero-order chi connectivity index (χ0) is 11.7. The minimum Gasteiger partial charge on any atom is -0.399 e. The first-order valence-electron chi connectivity index (χ1n) is 4.29. The lowest BCUT2D eigenvalue weighted by Crippen LogP contribution is -2.41. The maximum absolute atomic E-state index is 12.7. The Hall–Kier alpha value is -1.23. The van der Waals surface area contributed by atoms with Gasteiger partial charge >= 0.3 is 6.18 Å². The number of nitrogens with two attached hydrogens (primary N) is 1. The summed E-state index contributed by atoms with van der Waals surface area (Å²) in [4.78, 5) is 0. The number of halogens is 3.